The highest BCUT2D eigenvalue weighted by Gasteiger charge is 2.42. The maximum absolute atomic E-state index is 13.2. The minimum atomic E-state index is -0.0647. The van der Waals surface area contributed by atoms with Crippen molar-refractivity contribution in [1.29, 1.82) is 0 Å². The Kier molecular flexibility index (Phi) is 6.40. The number of azo groups is 2. The second-order valence-electron chi connectivity index (χ2n) is 9.32. The summed E-state index contributed by atoms with van der Waals surface area (Å²) in [6.45, 7) is 1.38. The summed E-state index contributed by atoms with van der Waals surface area (Å²) in [6, 6.07) is 16.1. The van der Waals surface area contributed by atoms with E-state index in [4.69, 9.17) is 9.85 Å². The molecule has 2 aliphatic heterocycles. The molecule has 3 aliphatic rings. The topological polar surface area (TPSA) is 60.2 Å². The van der Waals surface area contributed by atoms with Gasteiger partial charge >= 0.3 is 6.03 Å². The van der Waals surface area contributed by atoms with E-state index in [0.717, 1.165) is 47.8 Å². The van der Waals surface area contributed by atoms with Gasteiger partial charge in [-0.2, -0.15) is 0 Å². The maximum atomic E-state index is 13.2. The number of hydrogen-bond donors (Lipinski definition) is 1. The van der Waals surface area contributed by atoms with E-state index in [1.165, 1.54) is 5.57 Å². The molecule has 2 atom stereocenters. The number of ether oxygens (including phenoxy) is 1. The zero-order chi connectivity index (χ0) is 24.4. The molecule has 1 aliphatic carbocycles. The Hall–Kier alpha value is -3.87. The van der Waals surface area contributed by atoms with Crippen molar-refractivity contribution >= 4 is 23.1 Å². The van der Waals surface area contributed by atoms with Crippen LogP contribution in [0.25, 0.3) is 5.70 Å². The molecule has 2 amide bonds. The summed E-state index contributed by atoms with van der Waals surface area (Å²) in [4.78, 5) is 17.1. The summed E-state index contributed by atoms with van der Waals surface area (Å²) < 4.78 is 7.63. The van der Waals surface area contributed by atoms with E-state index in [1.807, 2.05) is 66.4 Å². The van der Waals surface area contributed by atoms with Crippen molar-refractivity contribution in [1.82, 2.24) is 4.90 Å². The molecular formula is C28H32N5O2+. The molecule has 1 N–H and O–H groups in total. The van der Waals surface area contributed by atoms with Crippen LogP contribution in [0.4, 0.5) is 16.2 Å². The highest BCUT2D eigenvalue weighted by molar-refractivity contribution is 5.90. The number of piperidine rings is 1. The number of methoxy groups -OCH3 is 1. The Balaban J connectivity index is 1.35. The Bertz CT molecular complexity index is 1240. The van der Waals surface area contributed by atoms with Gasteiger partial charge in [0, 0.05) is 44.0 Å². The van der Waals surface area contributed by atoms with Crippen LogP contribution in [0.15, 0.2) is 83.5 Å². The SMILES string of the molecule is COc1cccc(C2=C3C=CC=CC3[N+](C3CCCN(C(=O)Nc4cccc(N(C)C)c4)C3)=N2)c1. The molecule has 35 heavy (non-hydrogen) atoms. The molecule has 0 saturated carbocycles. The average molecular weight is 471 g/mol. The van der Waals surface area contributed by atoms with E-state index in [2.05, 4.69) is 40.4 Å². The summed E-state index contributed by atoms with van der Waals surface area (Å²) in [6.07, 6.45) is 10.4. The minimum Gasteiger partial charge on any atom is -0.497 e. The number of amides is 2. The van der Waals surface area contributed by atoms with E-state index in [9.17, 15) is 4.79 Å². The Morgan fingerprint density at radius 2 is 2.03 bits per heavy atom. The van der Waals surface area contributed by atoms with Gasteiger partial charge in [0.15, 0.2) is 6.04 Å². The summed E-state index contributed by atoms with van der Waals surface area (Å²) in [5.74, 6) is 0.815. The zero-order valence-electron chi connectivity index (χ0n) is 20.5. The Labute approximate surface area is 206 Å². The molecule has 2 aromatic rings. The van der Waals surface area contributed by atoms with Crippen LogP contribution in [0.1, 0.15) is 18.4 Å². The number of carbonyl (C=O) groups is 1. The van der Waals surface area contributed by atoms with E-state index in [1.54, 1.807) is 7.11 Å². The van der Waals surface area contributed by atoms with Crippen molar-refractivity contribution in [3.63, 3.8) is 0 Å². The van der Waals surface area contributed by atoms with Gasteiger partial charge in [-0.05, 0) is 54.0 Å². The predicted molar refractivity (Wildman–Crippen MR) is 139 cm³/mol. The highest BCUT2D eigenvalue weighted by atomic mass is 16.5. The summed E-state index contributed by atoms with van der Waals surface area (Å²) in [5.41, 5.74) is 5.05. The first kappa shape index (κ1) is 22.9. The number of likely N-dealkylation sites (tertiary alicyclic amines) is 1. The molecule has 0 aromatic heterocycles. The number of anilines is 2. The number of allylic oxidation sites excluding steroid dienone is 2. The van der Waals surface area contributed by atoms with Crippen LogP contribution >= 0.6 is 0 Å². The van der Waals surface area contributed by atoms with E-state index in [0.29, 0.717) is 6.54 Å². The lowest BCUT2D eigenvalue weighted by Crippen LogP contribution is -2.49. The number of carbonyl (C=O) groups excluding carboxylic acids is 1. The second-order valence-corrected chi connectivity index (χ2v) is 9.32. The molecule has 5 rings (SSSR count). The number of hydrogen-bond acceptors (Lipinski definition) is 4. The summed E-state index contributed by atoms with van der Waals surface area (Å²) in [7, 11) is 5.67. The molecule has 0 bridgehead atoms. The van der Waals surface area contributed by atoms with Crippen molar-refractivity contribution < 1.29 is 14.2 Å². The van der Waals surface area contributed by atoms with Crippen LogP contribution in [0, 0.1) is 0 Å². The fourth-order valence-corrected chi connectivity index (χ4v) is 4.94. The van der Waals surface area contributed by atoms with Gasteiger partial charge in [-0.25, -0.2) is 4.79 Å². The van der Waals surface area contributed by atoms with Gasteiger partial charge in [-0.15, -0.1) is 4.70 Å². The third-order valence-electron chi connectivity index (χ3n) is 6.79. The van der Waals surface area contributed by atoms with Crippen molar-refractivity contribution in [2.45, 2.75) is 24.9 Å². The van der Waals surface area contributed by atoms with Crippen LogP contribution in [-0.2, 0) is 0 Å². The third-order valence-corrected chi connectivity index (χ3v) is 6.79. The van der Waals surface area contributed by atoms with Gasteiger partial charge in [0.25, 0.3) is 0 Å². The lowest BCUT2D eigenvalue weighted by molar-refractivity contribution is -0.636. The molecule has 1 saturated heterocycles. The number of rotatable bonds is 5. The van der Waals surface area contributed by atoms with Crippen LogP contribution in [-0.4, -0.2) is 62.0 Å². The normalized spacial score (nSPS) is 21.0. The van der Waals surface area contributed by atoms with Gasteiger partial charge < -0.3 is 19.9 Å². The zero-order valence-corrected chi connectivity index (χ0v) is 20.5. The fraction of sp³-hybridized carbons (Fsp3) is 0.321. The molecule has 7 nitrogen and oxygen atoms in total. The van der Waals surface area contributed by atoms with Crippen LogP contribution < -0.4 is 15.0 Å². The van der Waals surface area contributed by atoms with Crippen molar-refractivity contribution in [2.75, 3.05) is 44.5 Å². The Morgan fingerprint density at radius 1 is 1.17 bits per heavy atom. The quantitative estimate of drug-likeness (QED) is 0.616. The Morgan fingerprint density at radius 3 is 2.86 bits per heavy atom. The molecular weight excluding hydrogens is 438 g/mol. The second kappa shape index (κ2) is 9.78. The molecule has 7 heteroatoms. The lowest BCUT2D eigenvalue weighted by Gasteiger charge is -2.30. The molecule has 180 valence electrons. The monoisotopic (exact) mass is 470 g/mol. The highest BCUT2D eigenvalue weighted by Crippen LogP contribution is 2.36. The first-order chi connectivity index (χ1) is 17.0. The third kappa shape index (κ3) is 4.71. The largest absolute Gasteiger partial charge is 0.497 e. The maximum Gasteiger partial charge on any atom is 0.322 e. The molecule has 2 aromatic carbocycles. The number of nitrogens with one attached hydrogen (secondary N) is 1. The van der Waals surface area contributed by atoms with Gasteiger partial charge in [0.05, 0.1) is 19.2 Å². The van der Waals surface area contributed by atoms with Gasteiger partial charge in [-0.3, -0.25) is 0 Å². The van der Waals surface area contributed by atoms with Gasteiger partial charge in [0.2, 0.25) is 6.04 Å². The molecule has 2 heterocycles. The van der Waals surface area contributed by atoms with Gasteiger partial charge in [0.1, 0.15) is 11.4 Å². The van der Waals surface area contributed by atoms with Crippen molar-refractivity contribution in [2.24, 2.45) is 5.11 Å². The summed E-state index contributed by atoms with van der Waals surface area (Å²) in [5, 5.41) is 8.19. The number of urea groups is 1. The first-order valence-corrected chi connectivity index (χ1v) is 12.1. The summed E-state index contributed by atoms with van der Waals surface area (Å²) >= 11 is 0. The number of fused-ring (bicyclic) bond motifs is 1. The number of nitrogens with zero attached hydrogens (tertiary/aromatic N) is 4. The van der Waals surface area contributed by atoms with Crippen molar-refractivity contribution in [3.8, 4) is 5.75 Å². The van der Waals surface area contributed by atoms with E-state index < -0.39 is 0 Å². The van der Waals surface area contributed by atoms with E-state index in [-0.39, 0.29) is 18.1 Å². The molecule has 0 spiro atoms. The standard InChI is InChI=1S/C28H31N5O2/c1-31(2)22-11-7-10-21(18-22)29-28(34)32-16-8-12-23(19-32)33-26-15-5-4-14-25(26)27(30-33)20-9-6-13-24(17-20)35-3/h4-7,9-11,13-15,17-18,23,26H,8,12,16,19H2,1-3H3/p+1. The fourth-order valence-electron chi connectivity index (χ4n) is 4.94. The lowest BCUT2D eigenvalue weighted by atomic mass is 9.96. The smallest absolute Gasteiger partial charge is 0.322 e. The molecule has 2 unspecified atom stereocenters. The van der Waals surface area contributed by atoms with Crippen LogP contribution in [0.2, 0.25) is 0 Å². The van der Waals surface area contributed by atoms with E-state index >= 15 is 0 Å². The average Bonchev–Trinajstić information content (AvgIpc) is 3.29. The molecule has 1 fully saturated rings. The molecule has 0 radical (unpaired) electrons. The van der Waals surface area contributed by atoms with Gasteiger partial charge in [-0.1, -0.05) is 30.4 Å². The number of benzene rings is 2. The van der Waals surface area contributed by atoms with Crippen LogP contribution in [0.5, 0.6) is 5.75 Å². The van der Waals surface area contributed by atoms with Crippen molar-refractivity contribution in [3.05, 3.63) is 84.0 Å². The predicted octanol–water partition coefficient (Wildman–Crippen LogP) is 5.14. The first-order valence-electron chi connectivity index (χ1n) is 12.1. The van der Waals surface area contributed by atoms with Crippen LogP contribution in [0.3, 0.4) is 0 Å². The minimum absolute atomic E-state index is 0.0647.